The normalized spacial score (nSPS) is 12.6. The molecule has 1 rings (SSSR count). The zero-order chi connectivity index (χ0) is 19.5. The molecule has 0 spiro atoms. The first-order chi connectivity index (χ1) is 12.4. The van der Waals surface area contributed by atoms with E-state index in [1.54, 1.807) is 24.3 Å². The molecule has 0 saturated heterocycles. The topological polar surface area (TPSA) is 84.5 Å². The third-order valence-electron chi connectivity index (χ3n) is 3.40. The molecule has 0 radical (unpaired) electrons. The Kier molecular flexibility index (Phi) is 9.83. The van der Waals surface area contributed by atoms with E-state index >= 15 is 0 Å². The summed E-state index contributed by atoms with van der Waals surface area (Å²) in [6, 6.07) is 5.68. The second-order valence-corrected chi connectivity index (χ2v) is 6.79. The van der Waals surface area contributed by atoms with Crippen LogP contribution in [-0.4, -0.2) is 48.5 Å². The van der Waals surface area contributed by atoms with Crippen molar-refractivity contribution in [2.75, 3.05) is 18.6 Å². The van der Waals surface area contributed by atoms with Gasteiger partial charge in [0.15, 0.2) is 6.10 Å². The molecular formula is C18H23ClN2O4S. The first kappa shape index (κ1) is 22.1. The van der Waals surface area contributed by atoms with Crippen molar-refractivity contribution in [1.29, 1.82) is 0 Å². The smallest absolute Gasteiger partial charge is 0.329 e. The predicted molar refractivity (Wildman–Crippen MR) is 104 cm³/mol. The first-order valence-electron chi connectivity index (χ1n) is 8.04. The highest BCUT2D eigenvalue weighted by Crippen LogP contribution is 2.15. The van der Waals surface area contributed by atoms with Gasteiger partial charge in [0.2, 0.25) is 0 Å². The van der Waals surface area contributed by atoms with Gasteiger partial charge >= 0.3 is 5.97 Å². The largest absolute Gasteiger partial charge is 0.451 e. The lowest BCUT2D eigenvalue weighted by molar-refractivity contribution is -0.156. The Balaban J connectivity index is 2.77. The minimum Gasteiger partial charge on any atom is -0.451 e. The van der Waals surface area contributed by atoms with Crippen molar-refractivity contribution in [2.24, 2.45) is 0 Å². The lowest BCUT2D eigenvalue weighted by Gasteiger charge is -2.20. The van der Waals surface area contributed by atoms with Crippen LogP contribution < -0.4 is 10.6 Å². The molecule has 0 aromatic heterocycles. The summed E-state index contributed by atoms with van der Waals surface area (Å²) in [7, 11) is 0. The predicted octanol–water partition coefficient (Wildman–Crippen LogP) is 2.43. The molecule has 0 bridgehead atoms. The maximum atomic E-state index is 12.4. The van der Waals surface area contributed by atoms with Gasteiger partial charge in [-0.25, -0.2) is 4.79 Å². The average molecular weight is 399 g/mol. The Hall–Kier alpha value is -1.99. The number of nitrogens with one attached hydrogen (secondary N) is 2. The Morgan fingerprint density at radius 3 is 2.65 bits per heavy atom. The molecule has 1 aromatic rings. The zero-order valence-electron chi connectivity index (χ0n) is 14.8. The van der Waals surface area contributed by atoms with Crippen molar-refractivity contribution in [1.82, 2.24) is 10.6 Å². The summed E-state index contributed by atoms with van der Waals surface area (Å²) in [5, 5.41) is 5.48. The number of carbonyl (C=O) groups is 3. The summed E-state index contributed by atoms with van der Waals surface area (Å²) < 4.78 is 5.19. The van der Waals surface area contributed by atoms with E-state index < -0.39 is 29.9 Å². The Morgan fingerprint density at radius 2 is 2.04 bits per heavy atom. The molecule has 0 saturated carbocycles. The molecule has 0 heterocycles. The fourth-order valence-corrected chi connectivity index (χ4v) is 2.69. The number of hydrogen-bond donors (Lipinski definition) is 2. The Bertz CT molecular complexity index is 654. The van der Waals surface area contributed by atoms with Crippen molar-refractivity contribution in [3.8, 4) is 0 Å². The minimum atomic E-state index is -0.976. The quantitative estimate of drug-likeness (QED) is 0.467. The van der Waals surface area contributed by atoms with Crippen LogP contribution in [0.25, 0.3) is 0 Å². The number of halogens is 1. The molecule has 8 heteroatoms. The number of ether oxygens (including phenoxy) is 1. The molecule has 2 atom stereocenters. The standard InChI is InChI=1S/C18H23ClN2O4S/c1-4-10-20-16(22)12(2)25-18(24)15(9-11-26-3)21-17(23)13-7-5-6-8-14(13)19/h4-8,12,15H,1,9-11H2,2-3H3,(H,20,22)(H,21,23)/t12-,15+/m1/s1. The van der Waals surface area contributed by atoms with E-state index in [1.165, 1.54) is 24.8 Å². The van der Waals surface area contributed by atoms with Crippen molar-refractivity contribution < 1.29 is 19.1 Å². The van der Waals surface area contributed by atoms with E-state index in [0.29, 0.717) is 17.2 Å². The van der Waals surface area contributed by atoms with Crippen molar-refractivity contribution >= 4 is 41.1 Å². The van der Waals surface area contributed by atoms with Gasteiger partial charge in [-0.15, -0.1) is 6.58 Å². The minimum absolute atomic E-state index is 0.271. The van der Waals surface area contributed by atoms with E-state index in [-0.39, 0.29) is 12.1 Å². The van der Waals surface area contributed by atoms with E-state index in [4.69, 9.17) is 16.3 Å². The highest BCUT2D eigenvalue weighted by Gasteiger charge is 2.26. The van der Waals surface area contributed by atoms with Gasteiger partial charge in [0.05, 0.1) is 10.6 Å². The van der Waals surface area contributed by atoms with Gasteiger partial charge in [0, 0.05) is 6.54 Å². The van der Waals surface area contributed by atoms with E-state index in [0.717, 1.165) is 0 Å². The molecule has 0 unspecified atom stereocenters. The van der Waals surface area contributed by atoms with Gasteiger partial charge in [-0.3, -0.25) is 9.59 Å². The van der Waals surface area contributed by atoms with E-state index in [2.05, 4.69) is 17.2 Å². The van der Waals surface area contributed by atoms with E-state index in [1.807, 2.05) is 6.26 Å². The Morgan fingerprint density at radius 1 is 1.35 bits per heavy atom. The summed E-state index contributed by atoms with van der Waals surface area (Å²) >= 11 is 7.55. The summed E-state index contributed by atoms with van der Waals surface area (Å²) in [6.45, 7) is 5.25. The van der Waals surface area contributed by atoms with Crippen LogP contribution in [0.5, 0.6) is 0 Å². The molecule has 26 heavy (non-hydrogen) atoms. The number of amides is 2. The molecule has 2 amide bonds. The van der Waals surface area contributed by atoms with Crippen LogP contribution in [0.3, 0.4) is 0 Å². The maximum absolute atomic E-state index is 12.4. The van der Waals surface area contributed by atoms with Crippen LogP contribution in [0.4, 0.5) is 0 Å². The highest BCUT2D eigenvalue weighted by molar-refractivity contribution is 7.98. The third kappa shape index (κ3) is 7.09. The van der Waals surface area contributed by atoms with Crippen LogP contribution in [0, 0.1) is 0 Å². The first-order valence-corrected chi connectivity index (χ1v) is 9.81. The molecule has 2 N–H and O–H groups in total. The van der Waals surface area contributed by atoms with Crippen molar-refractivity contribution in [3.05, 3.63) is 47.5 Å². The van der Waals surface area contributed by atoms with Crippen LogP contribution in [0.1, 0.15) is 23.7 Å². The molecule has 0 fully saturated rings. The van der Waals surface area contributed by atoms with Gasteiger partial charge in [-0.1, -0.05) is 29.8 Å². The monoisotopic (exact) mass is 398 g/mol. The molecule has 1 aromatic carbocycles. The zero-order valence-corrected chi connectivity index (χ0v) is 16.4. The van der Waals surface area contributed by atoms with Crippen molar-refractivity contribution in [2.45, 2.75) is 25.5 Å². The van der Waals surface area contributed by atoms with Crippen LogP contribution in [0.15, 0.2) is 36.9 Å². The molecule has 6 nitrogen and oxygen atoms in total. The lowest BCUT2D eigenvalue weighted by Crippen LogP contribution is -2.45. The van der Waals surface area contributed by atoms with Gasteiger partial charge in [0.1, 0.15) is 6.04 Å². The molecule has 0 aliphatic carbocycles. The highest BCUT2D eigenvalue weighted by atomic mass is 35.5. The number of rotatable bonds is 10. The summed E-state index contributed by atoms with van der Waals surface area (Å²) in [4.78, 5) is 36.6. The van der Waals surface area contributed by atoms with Gasteiger partial charge in [-0.2, -0.15) is 11.8 Å². The fourth-order valence-electron chi connectivity index (χ4n) is 1.99. The fraction of sp³-hybridized carbons (Fsp3) is 0.389. The van der Waals surface area contributed by atoms with Gasteiger partial charge < -0.3 is 15.4 Å². The van der Waals surface area contributed by atoms with Crippen LogP contribution in [0.2, 0.25) is 5.02 Å². The number of thioether (sulfide) groups is 1. The molecular weight excluding hydrogens is 376 g/mol. The number of benzene rings is 1. The summed E-state index contributed by atoms with van der Waals surface area (Å²) in [5.41, 5.74) is 0.271. The van der Waals surface area contributed by atoms with Gasteiger partial charge in [-0.05, 0) is 37.5 Å². The van der Waals surface area contributed by atoms with Crippen molar-refractivity contribution in [3.63, 3.8) is 0 Å². The average Bonchev–Trinajstić information content (AvgIpc) is 2.62. The SMILES string of the molecule is C=CCNC(=O)[C@@H](C)OC(=O)[C@H](CCSC)NC(=O)c1ccccc1Cl. The van der Waals surface area contributed by atoms with Crippen LogP contribution in [-0.2, 0) is 14.3 Å². The number of carbonyl (C=O) groups excluding carboxylic acids is 3. The second kappa shape index (κ2) is 11.6. The second-order valence-electron chi connectivity index (χ2n) is 5.40. The lowest BCUT2D eigenvalue weighted by atomic mass is 10.1. The molecule has 0 aliphatic rings. The number of hydrogen-bond acceptors (Lipinski definition) is 5. The number of esters is 1. The summed E-state index contributed by atoms with van der Waals surface area (Å²) in [6.07, 6.45) is 2.81. The Labute approximate surface area is 162 Å². The summed E-state index contributed by atoms with van der Waals surface area (Å²) in [5.74, 6) is -0.929. The maximum Gasteiger partial charge on any atom is 0.329 e. The van der Waals surface area contributed by atoms with Crippen LogP contribution >= 0.6 is 23.4 Å². The molecule has 142 valence electrons. The third-order valence-corrected chi connectivity index (χ3v) is 4.38. The van der Waals surface area contributed by atoms with E-state index in [9.17, 15) is 14.4 Å². The molecule has 0 aliphatic heterocycles. The van der Waals surface area contributed by atoms with Gasteiger partial charge in [0.25, 0.3) is 11.8 Å².